The van der Waals surface area contributed by atoms with Gasteiger partial charge in [0.05, 0.1) is 5.60 Å². The van der Waals surface area contributed by atoms with Crippen LogP contribution in [0.5, 0.6) is 0 Å². The zero-order chi connectivity index (χ0) is 10.6. The molecular formula is C10H21N3O. The van der Waals surface area contributed by atoms with Gasteiger partial charge >= 0.3 is 0 Å². The molecule has 14 heavy (non-hydrogen) atoms. The first kappa shape index (κ1) is 11.3. The lowest BCUT2D eigenvalue weighted by atomic mass is 9.94. The first-order chi connectivity index (χ1) is 6.55. The van der Waals surface area contributed by atoms with Gasteiger partial charge in [0.2, 0.25) is 0 Å². The monoisotopic (exact) mass is 199 g/mol. The third-order valence-corrected chi connectivity index (χ3v) is 2.66. The minimum Gasteiger partial charge on any atom is -0.390 e. The normalized spacial score (nSPS) is 22.5. The summed E-state index contributed by atoms with van der Waals surface area (Å²) in [6.07, 6.45) is 2.57. The van der Waals surface area contributed by atoms with Gasteiger partial charge in [0, 0.05) is 19.6 Å². The molecule has 0 unspecified atom stereocenters. The smallest absolute Gasteiger partial charge is 0.191 e. The molecule has 1 fully saturated rings. The number of aliphatic hydroxyl groups is 1. The molecule has 1 aliphatic rings. The van der Waals surface area contributed by atoms with Crippen LogP contribution in [0.2, 0.25) is 0 Å². The van der Waals surface area contributed by atoms with E-state index in [2.05, 4.69) is 11.9 Å². The van der Waals surface area contributed by atoms with Crippen LogP contribution in [0.15, 0.2) is 4.99 Å². The molecule has 0 aromatic heterocycles. The maximum Gasteiger partial charge on any atom is 0.191 e. The van der Waals surface area contributed by atoms with E-state index in [9.17, 15) is 5.11 Å². The number of hydrogen-bond acceptors (Lipinski definition) is 2. The molecule has 3 N–H and O–H groups in total. The van der Waals surface area contributed by atoms with Crippen LogP contribution in [0.25, 0.3) is 0 Å². The van der Waals surface area contributed by atoms with Crippen molar-refractivity contribution in [3.8, 4) is 0 Å². The van der Waals surface area contributed by atoms with E-state index >= 15 is 0 Å². The number of rotatable bonds is 2. The van der Waals surface area contributed by atoms with Gasteiger partial charge in [0.1, 0.15) is 0 Å². The number of nitrogens with two attached hydrogens (primary N) is 1. The first-order valence-corrected chi connectivity index (χ1v) is 5.32. The van der Waals surface area contributed by atoms with Crippen molar-refractivity contribution in [2.75, 3.05) is 19.6 Å². The number of piperidine rings is 1. The van der Waals surface area contributed by atoms with E-state index in [1.807, 2.05) is 11.8 Å². The molecule has 1 heterocycles. The molecule has 0 spiro atoms. The molecule has 0 amide bonds. The highest BCUT2D eigenvalue weighted by molar-refractivity contribution is 5.78. The topological polar surface area (TPSA) is 61.8 Å². The van der Waals surface area contributed by atoms with Gasteiger partial charge in [-0.2, -0.15) is 0 Å². The molecule has 4 heteroatoms. The predicted octanol–water partition coefficient (Wildman–Crippen LogP) is 0.558. The van der Waals surface area contributed by atoms with Crippen LogP contribution in [0.1, 0.15) is 33.1 Å². The Balaban J connectivity index is 2.41. The molecule has 0 aliphatic carbocycles. The van der Waals surface area contributed by atoms with Gasteiger partial charge in [0.15, 0.2) is 5.96 Å². The Bertz CT molecular complexity index is 203. The van der Waals surface area contributed by atoms with Crippen molar-refractivity contribution in [2.45, 2.75) is 38.7 Å². The molecule has 0 bridgehead atoms. The van der Waals surface area contributed by atoms with Gasteiger partial charge in [-0.25, -0.2) is 0 Å². The Kier molecular flexibility index (Phi) is 3.75. The van der Waals surface area contributed by atoms with Crippen LogP contribution in [0, 0.1) is 0 Å². The van der Waals surface area contributed by atoms with Crippen LogP contribution in [0.4, 0.5) is 0 Å². The Morgan fingerprint density at radius 2 is 2.07 bits per heavy atom. The van der Waals surface area contributed by atoms with E-state index in [0.29, 0.717) is 5.96 Å². The largest absolute Gasteiger partial charge is 0.390 e. The van der Waals surface area contributed by atoms with E-state index in [0.717, 1.165) is 38.9 Å². The first-order valence-electron chi connectivity index (χ1n) is 5.32. The van der Waals surface area contributed by atoms with Crippen LogP contribution in [-0.2, 0) is 0 Å². The average Bonchev–Trinajstić information content (AvgIpc) is 2.14. The maximum absolute atomic E-state index is 9.74. The third-order valence-electron chi connectivity index (χ3n) is 2.66. The standard InChI is InChI=1S/C10H21N3O/c1-3-6-12-9(11)13-7-4-10(2,14)5-8-13/h14H,3-8H2,1-2H3,(H2,11,12). The second-order valence-corrected chi connectivity index (χ2v) is 4.22. The van der Waals surface area contributed by atoms with Crippen molar-refractivity contribution in [1.82, 2.24) is 4.90 Å². The van der Waals surface area contributed by atoms with E-state index in [4.69, 9.17) is 5.73 Å². The van der Waals surface area contributed by atoms with Gasteiger partial charge in [-0.3, -0.25) is 4.99 Å². The minimum absolute atomic E-state index is 0.512. The van der Waals surface area contributed by atoms with Crippen molar-refractivity contribution < 1.29 is 5.11 Å². The van der Waals surface area contributed by atoms with Crippen LogP contribution >= 0.6 is 0 Å². The van der Waals surface area contributed by atoms with E-state index in [1.165, 1.54) is 0 Å². The molecule has 1 aliphatic heterocycles. The van der Waals surface area contributed by atoms with Crippen molar-refractivity contribution in [3.05, 3.63) is 0 Å². The summed E-state index contributed by atoms with van der Waals surface area (Å²) in [5, 5.41) is 9.74. The summed E-state index contributed by atoms with van der Waals surface area (Å²) in [5.74, 6) is 0.627. The molecule has 4 nitrogen and oxygen atoms in total. The van der Waals surface area contributed by atoms with Crippen LogP contribution < -0.4 is 5.73 Å². The zero-order valence-corrected chi connectivity index (χ0v) is 9.16. The maximum atomic E-state index is 9.74. The quantitative estimate of drug-likeness (QED) is 0.504. The SMILES string of the molecule is CCCN=C(N)N1CCC(C)(O)CC1. The summed E-state index contributed by atoms with van der Waals surface area (Å²) in [6.45, 7) is 6.37. The van der Waals surface area contributed by atoms with Gasteiger partial charge in [-0.1, -0.05) is 6.92 Å². The van der Waals surface area contributed by atoms with Crippen molar-refractivity contribution >= 4 is 5.96 Å². The van der Waals surface area contributed by atoms with Gasteiger partial charge < -0.3 is 15.7 Å². The summed E-state index contributed by atoms with van der Waals surface area (Å²) in [5.41, 5.74) is 5.30. The Hall–Kier alpha value is -0.770. The average molecular weight is 199 g/mol. The lowest BCUT2D eigenvalue weighted by molar-refractivity contribution is 0.00964. The fourth-order valence-corrected chi connectivity index (χ4v) is 1.54. The molecule has 1 saturated heterocycles. The van der Waals surface area contributed by atoms with Crippen molar-refractivity contribution in [3.63, 3.8) is 0 Å². The number of likely N-dealkylation sites (tertiary alicyclic amines) is 1. The summed E-state index contributed by atoms with van der Waals surface area (Å²) in [7, 11) is 0. The minimum atomic E-state index is -0.512. The second kappa shape index (κ2) is 4.64. The molecule has 0 aromatic carbocycles. The highest BCUT2D eigenvalue weighted by Gasteiger charge is 2.27. The fraction of sp³-hybridized carbons (Fsp3) is 0.900. The summed E-state index contributed by atoms with van der Waals surface area (Å²) in [6, 6.07) is 0. The van der Waals surface area contributed by atoms with Gasteiger partial charge in [-0.15, -0.1) is 0 Å². The lowest BCUT2D eigenvalue weighted by Crippen LogP contribution is -2.48. The Morgan fingerprint density at radius 1 is 1.50 bits per heavy atom. The number of guanidine groups is 1. The summed E-state index contributed by atoms with van der Waals surface area (Å²) in [4.78, 5) is 6.30. The Morgan fingerprint density at radius 3 is 2.57 bits per heavy atom. The molecule has 0 aromatic rings. The molecule has 1 rings (SSSR count). The number of nitrogens with zero attached hydrogens (tertiary/aromatic N) is 2. The Labute approximate surface area is 85.8 Å². The third kappa shape index (κ3) is 3.18. The number of aliphatic imine (C=N–C) groups is 1. The fourth-order valence-electron chi connectivity index (χ4n) is 1.54. The lowest BCUT2D eigenvalue weighted by Gasteiger charge is -2.36. The highest BCUT2D eigenvalue weighted by Crippen LogP contribution is 2.20. The van der Waals surface area contributed by atoms with Crippen LogP contribution in [-0.4, -0.2) is 41.2 Å². The van der Waals surface area contributed by atoms with Gasteiger partial charge in [-0.05, 0) is 26.2 Å². The van der Waals surface area contributed by atoms with Crippen molar-refractivity contribution in [2.24, 2.45) is 10.7 Å². The molecular weight excluding hydrogens is 178 g/mol. The van der Waals surface area contributed by atoms with Gasteiger partial charge in [0.25, 0.3) is 0 Å². The zero-order valence-electron chi connectivity index (χ0n) is 9.16. The summed E-state index contributed by atoms with van der Waals surface area (Å²) >= 11 is 0. The van der Waals surface area contributed by atoms with E-state index in [-0.39, 0.29) is 0 Å². The second-order valence-electron chi connectivity index (χ2n) is 4.22. The van der Waals surface area contributed by atoms with Crippen LogP contribution in [0.3, 0.4) is 0 Å². The van der Waals surface area contributed by atoms with E-state index in [1.54, 1.807) is 0 Å². The predicted molar refractivity (Wildman–Crippen MR) is 58.2 cm³/mol. The van der Waals surface area contributed by atoms with Crippen molar-refractivity contribution in [1.29, 1.82) is 0 Å². The highest BCUT2D eigenvalue weighted by atomic mass is 16.3. The van der Waals surface area contributed by atoms with E-state index < -0.39 is 5.60 Å². The molecule has 0 radical (unpaired) electrons. The number of hydrogen-bond donors (Lipinski definition) is 2. The molecule has 0 saturated carbocycles. The molecule has 0 atom stereocenters. The molecule has 82 valence electrons. The summed E-state index contributed by atoms with van der Waals surface area (Å²) < 4.78 is 0.